The number of piperidine rings is 1. The Hall–Kier alpha value is -4.76. The van der Waals surface area contributed by atoms with Crippen LogP contribution >= 0.6 is 0 Å². The minimum absolute atomic E-state index is 0.123. The number of pyridine rings is 1. The summed E-state index contributed by atoms with van der Waals surface area (Å²) in [7, 11) is 0. The third-order valence-corrected chi connectivity index (χ3v) is 9.04. The number of fused-ring (bicyclic) bond motifs is 3. The fourth-order valence-corrected chi connectivity index (χ4v) is 6.71. The number of phenols is 1. The second kappa shape index (κ2) is 10.2. The van der Waals surface area contributed by atoms with Crippen molar-refractivity contribution < 1.29 is 14.3 Å². The number of amides is 1. The van der Waals surface area contributed by atoms with Crippen LogP contribution in [0, 0.1) is 23.6 Å². The van der Waals surface area contributed by atoms with Gasteiger partial charge in [-0.1, -0.05) is 12.1 Å². The predicted molar refractivity (Wildman–Crippen MR) is 164 cm³/mol. The number of aromatic amines is 2. The zero-order valence-electron chi connectivity index (χ0n) is 23.5. The fraction of sp³-hybridized carbons (Fsp3) is 0.265. The van der Waals surface area contributed by atoms with Gasteiger partial charge in [0.15, 0.2) is 0 Å². The summed E-state index contributed by atoms with van der Waals surface area (Å²) >= 11 is 0. The third kappa shape index (κ3) is 4.89. The molecule has 2 unspecified atom stereocenters. The van der Waals surface area contributed by atoms with E-state index in [-0.39, 0.29) is 11.7 Å². The van der Waals surface area contributed by atoms with E-state index < -0.39 is 5.82 Å². The highest BCUT2D eigenvalue weighted by Crippen LogP contribution is 2.49. The van der Waals surface area contributed by atoms with Gasteiger partial charge in [0, 0.05) is 41.1 Å². The molecule has 9 heteroatoms. The Morgan fingerprint density at radius 3 is 2.79 bits per heavy atom. The van der Waals surface area contributed by atoms with Crippen molar-refractivity contribution in [2.45, 2.75) is 25.7 Å². The summed E-state index contributed by atoms with van der Waals surface area (Å²) in [6.45, 7) is 1.98. The molecule has 2 atom stereocenters. The molecule has 3 aliphatic rings. The van der Waals surface area contributed by atoms with E-state index in [0.717, 1.165) is 88.5 Å². The van der Waals surface area contributed by atoms with Crippen molar-refractivity contribution in [3.63, 3.8) is 0 Å². The number of H-pyrrole nitrogens is 2. The highest BCUT2D eigenvalue weighted by Gasteiger charge is 2.41. The lowest BCUT2D eigenvalue weighted by Crippen LogP contribution is -2.32. The Morgan fingerprint density at radius 2 is 1.93 bits per heavy atom. The number of carbonyl (C=O) groups excluding carboxylic acids is 1. The van der Waals surface area contributed by atoms with Crippen molar-refractivity contribution in [3.05, 3.63) is 84.0 Å². The van der Waals surface area contributed by atoms with Crippen molar-refractivity contribution in [3.8, 4) is 28.3 Å². The Morgan fingerprint density at radius 1 is 1.05 bits per heavy atom. The van der Waals surface area contributed by atoms with E-state index in [1.165, 1.54) is 6.07 Å². The lowest BCUT2D eigenvalue weighted by molar-refractivity contribution is -0.121. The highest BCUT2D eigenvalue weighted by atomic mass is 19.1. The summed E-state index contributed by atoms with van der Waals surface area (Å²) in [5.41, 5.74) is 7.61. The number of allylic oxidation sites excluding steroid dienone is 4. The molecule has 1 aliphatic heterocycles. The van der Waals surface area contributed by atoms with Crippen LogP contribution in [-0.2, 0) is 4.79 Å². The van der Waals surface area contributed by atoms with E-state index in [9.17, 15) is 14.3 Å². The van der Waals surface area contributed by atoms with E-state index in [4.69, 9.17) is 0 Å². The third-order valence-electron chi connectivity index (χ3n) is 9.04. The second-order valence-corrected chi connectivity index (χ2v) is 12.0. The molecule has 8 rings (SSSR count). The molecule has 4 heterocycles. The Balaban J connectivity index is 1.11. The highest BCUT2D eigenvalue weighted by molar-refractivity contribution is 6.00. The van der Waals surface area contributed by atoms with Gasteiger partial charge in [-0.3, -0.25) is 9.89 Å². The number of benzene rings is 2. The zero-order chi connectivity index (χ0) is 29.1. The number of rotatable bonds is 6. The van der Waals surface area contributed by atoms with Crippen molar-refractivity contribution in [1.82, 2.24) is 30.8 Å². The number of hydrogen-bond acceptors (Lipinski definition) is 5. The standard InChI is InChI=1S/C34H31FN6O2/c35-23-11-22(12-24(42)16-23)25-5-8-37-34-27(25)17-31(39-34)33-28-13-19(1-2-29(28)40-41-33)20-10-21-14-26(21)30(15-20)38-32(43)9-18-3-6-36-7-4-18/h1-2,5,8,10-13,15-18,21,26,36,42H,3-4,6-7,9,14H2,(H,37,39)(H,38,43)(H,40,41). The van der Waals surface area contributed by atoms with Gasteiger partial charge in [0.1, 0.15) is 22.9 Å². The van der Waals surface area contributed by atoms with Crippen LogP contribution in [0.15, 0.2) is 72.6 Å². The average molecular weight is 575 g/mol. The summed E-state index contributed by atoms with van der Waals surface area (Å²) in [4.78, 5) is 20.8. The first-order chi connectivity index (χ1) is 21.0. The van der Waals surface area contributed by atoms with Gasteiger partial charge < -0.3 is 20.7 Å². The van der Waals surface area contributed by atoms with E-state index >= 15 is 0 Å². The quantitative estimate of drug-likeness (QED) is 0.169. The van der Waals surface area contributed by atoms with Gasteiger partial charge in [0.25, 0.3) is 0 Å². The number of halogens is 1. The lowest BCUT2D eigenvalue weighted by Gasteiger charge is -2.22. The molecule has 0 spiro atoms. The molecule has 8 nitrogen and oxygen atoms in total. The van der Waals surface area contributed by atoms with E-state index in [1.54, 1.807) is 12.3 Å². The summed E-state index contributed by atoms with van der Waals surface area (Å²) in [6.07, 6.45) is 9.88. The molecular formula is C34H31FN6O2. The van der Waals surface area contributed by atoms with Gasteiger partial charge in [-0.2, -0.15) is 5.10 Å². The van der Waals surface area contributed by atoms with E-state index in [1.807, 2.05) is 18.2 Å². The summed E-state index contributed by atoms with van der Waals surface area (Å²) in [5, 5.41) is 26.1. The number of carbonyl (C=O) groups is 1. The first kappa shape index (κ1) is 25.9. The molecule has 216 valence electrons. The lowest BCUT2D eigenvalue weighted by atomic mass is 9.93. The molecule has 2 fully saturated rings. The summed E-state index contributed by atoms with van der Waals surface area (Å²) in [6, 6.07) is 14.1. The van der Waals surface area contributed by atoms with Crippen molar-refractivity contribution >= 4 is 33.4 Å². The van der Waals surface area contributed by atoms with Crippen molar-refractivity contribution in [2.75, 3.05) is 13.1 Å². The molecule has 1 saturated heterocycles. The molecule has 0 bridgehead atoms. The fourth-order valence-electron chi connectivity index (χ4n) is 6.71. The van der Waals surface area contributed by atoms with Crippen LogP contribution in [0.3, 0.4) is 0 Å². The summed E-state index contributed by atoms with van der Waals surface area (Å²) < 4.78 is 14.1. The van der Waals surface area contributed by atoms with Crippen LogP contribution in [0.5, 0.6) is 5.75 Å². The number of aromatic hydroxyl groups is 1. The smallest absolute Gasteiger partial charge is 0.224 e. The molecule has 3 aromatic heterocycles. The molecule has 5 aromatic rings. The number of phenolic OH excluding ortho intramolecular Hbond substituents is 1. The Bertz CT molecular complexity index is 1940. The van der Waals surface area contributed by atoms with E-state index in [2.05, 4.69) is 55.1 Å². The first-order valence-corrected chi connectivity index (χ1v) is 14.9. The summed E-state index contributed by atoms with van der Waals surface area (Å²) in [5.74, 6) is 0.799. The minimum atomic E-state index is -0.505. The van der Waals surface area contributed by atoms with Gasteiger partial charge in [-0.25, -0.2) is 9.37 Å². The molecule has 1 amide bonds. The molecule has 2 aliphatic carbocycles. The van der Waals surface area contributed by atoms with Crippen LogP contribution in [-0.4, -0.2) is 44.3 Å². The maximum Gasteiger partial charge on any atom is 0.224 e. The van der Waals surface area contributed by atoms with Crippen LogP contribution in [0.4, 0.5) is 4.39 Å². The molecule has 5 N–H and O–H groups in total. The van der Waals surface area contributed by atoms with Crippen molar-refractivity contribution in [1.29, 1.82) is 0 Å². The normalized spacial score (nSPS) is 20.1. The Labute approximate surface area is 247 Å². The minimum Gasteiger partial charge on any atom is -0.508 e. The van der Waals surface area contributed by atoms with Crippen LogP contribution in [0.2, 0.25) is 0 Å². The first-order valence-electron chi connectivity index (χ1n) is 14.9. The monoisotopic (exact) mass is 574 g/mol. The maximum absolute atomic E-state index is 14.1. The SMILES string of the molecule is O=C(CC1CCNCC1)NC1=CC(c2ccc3[nH]nc(-c4cc5c(-c6cc(O)cc(F)c6)ccnc5[nH]4)c3c2)=CC2CC12. The topological polar surface area (TPSA) is 119 Å². The van der Waals surface area contributed by atoms with Gasteiger partial charge in [0.2, 0.25) is 5.91 Å². The zero-order valence-corrected chi connectivity index (χ0v) is 23.5. The predicted octanol–water partition coefficient (Wildman–Crippen LogP) is 6.04. The molecule has 0 radical (unpaired) electrons. The maximum atomic E-state index is 14.1. The molecule has 2 aromatic carbocycles. The van der Waals surface area contributed by atoms with Crippen LogP contribution < -0.4 is 10.6 Å². The van der Waals surface area contributed by atoms with E-state index in [0.29, 0.717) is 35.4 Å². The number of nitrogens with zero attached hydrogens (tertiary/aromatic N) is 2. The molecule has 43 heavy (non-hydrogen) atoms. The molecule has 1 saturated carbocycles. The van der Waals surface area contributed by atoms with Gasteiger partial charge in [0.05, 0.1) is 11.2 Å². The van der Waals surface area contributed by atoms with Crippen LogP contribution in [0.25, 0.3) is 50.0 Å². The number of nitrogens with one attached hydrogen (secondary N) is 4. The van der Waals surface area contributed by atoms with Crippen LogP contribution in [0.1, 0.15) is 31.2 Å². The number of hydrogen-bond donors (Lipinski definition) is 5. The second-order valence-electron chi connectivity index (χ2n) is 12.0. The molecular weight excluding hydrogens is 543 g/mol. The van der Waals surface area contributed by atoms with Gasteiger partial charge in [-0.15, -0.1) is 0 Å². The van der Waals surface area contributed by atoms with Gasteiger partial charge in [-0.05, 0) is 109 Å². The average Bonchev–Trinajstić information content (AvgIpc) is 3.47. The van der Waals surface area contributed by atoms with Crippen molar-refractivity contribution in [2.24, 2.45) is 17.8 Å². The number of aromatic nitrogens is 4. The van der Waals surface area contributed by atoms with Gasteiger partial charge >= 0.3 is 0 Å². The largest absolute Gasteiger partial charge is 0.508 e. The Kier molecular flexibility index (Phi) is 6.15.